The fourth-order valence-corrected chi connectivity index (χ4v) is 5.87. The fourth-order valence-electron chi connectivity index (χ4n) is 4.58. The molecule has 0 unspecified atom stereocenters. The molecule has 1 aromatic carbocycles. The molecule has 0 saturated carbocycles. The number of pyridine rings is 1. The number of fused-ring (bicyclic) bond motifs is 1. The van der Waals surface area contributed by atoms with Crippen LogP contribution < -0.4 is 15.4 Å². The summed E-state index contributed by atoms with van der Waals surface area (Å²) in [5.41, 5.74) is 1.60. The van der Waals surface area contributed by atoms with Crippen molar-refractivity contribution >= 4 is 57.4 Å². The summed E-state index contributed by atoms with van der Waals surface area (Å²) in [6.07, 6.45) is 3.99. The van der Waals surface area contributed by atoms with Gasteiger partial charge in [0.05, 0.1) is 10.5 Å². The van der Waals surface area contributed by atoms with Crippen LogP contribution in [0.4, 0.5) is 15.9 Å². The van der Waals surface area contributed by atoms with Gasteiger partial charge in [-0.15, -0.1) is 0 Å². The monoisotopic (exact) mass is 553 g/mol. The molecule has 2 aliphatic heterocycles. The number of thioether (sulfide) groups is 1. The summed E-state index contributed by atoms with van der Waals surface area (Å²) in [4.78, 5) is 37.9. The van der Waals surface area contributed by atoms with Crippen LogP contribution in [0.3, 0.4) is 0 Å². The van der Waals surface area contributed by atoms with Gasteiger partial charge in [0.25, 0.3) is 11.5 Å². The molecule has 0 N–H and O–H groups in total. The second-order valence-corrected chi connectivity index (χ2v) is 10.6. The maximum Gasteiger partial charge on any atom is 0.267 e. The Morgan fingerprint density at radius 1 is 1.08 bits per heavy atom. The van der Waals surface area contributed by atoms with Crippen molar-refractivity contribution in [3.8, 4) is 0 Å². The third-order valence-electron chi connectivity index (χ3n) is 6.54. The van der Waals surface area contributed by atoms with Crippen LogP contribution in [-0.4, -0.2) is 70.4 Å². The first-order valence-electron chi connectivity index (χ1n) is 12.6. The van der Waals surface area contributed by atoms with Gasteiger partial charge in [0.1, 0.15) is 21.6 Å². The standard InChI is InChI=1S/C27H28FN5O3S2/c1-2-36-17-5-12-33-26(35)22(38-27(33)37)18-21-24(29-23-6-3-4-11-32(23)25(21)34)31-15-13-30(14-16-31)20-9-7-19(28)8-10-20/h3-4,6-11,18H,2,5,12-17H2,1H3/b22-18+. The van der Waals surface area contributed by atoms with E-state index in [2.05, 4.69) is 9.80 Å². The highest BCUT2D eigenvalue weighted by Gasteiger charge is 2.33. The van der Waals surface area contributed by atoms with Gasteiger partial charge in [-0.05, 0) is 55.8 Å². The van der Waals surface area contributed by atoms with E-state index < -0.39 is 0 Å². The minimum absolute atomic E-state index is 0.207. The summed E-state index contributed by atoms with van der Waals surface area (Å²) in [7, 11) is 0. The second-order valence-electron chi connectivity index (χ2n) is 8.92. The zero-order chi connectivity index (χ0) is 26.6. The van der Waals surface area contributed by atoms with Gasteiger partial charge in [0, 0.05) is 57.8 Å². The molecule has 0 atom stereocenters. The molecule has 3 aromatic rings. The Labute approximate surface area is 229 Å². The molecule has 8 nitrogen and oxygen atoms in total. The Morgan fingerprint density at radius 3 is 2.55 bits per heavy atom. The highest BCUT2D eigenvalue weighted by Crippen LogP contribution is 2.34. The number of ether oxygens (including phenoxy) is 1. The van der Waals surface area contributed by atoms with E-state index in [0.717, 1.165) is 5.69 Å². The lowest BCUT2D eigenvalue weighted by molar-refractivity contribution is -0.122. The lowest BCUT2D eigenvalue weighted by atomic mass is 10.2. The van der Waals surface area contributed by atoms with E-state index >= 15 is 0 Å². The number of nitrogens with zero attached hydrogens (tertiary/aromatic N) is 5. The minimum Gasteiger partial charge on any atom is -0.382 e. The average Bonchev–Trinajstić information content (AvgIpc) is 3.20. The van der Waals surface area contributed by atoms with Gasteiger partial charge in [-0.25, -0.2) is 9.37 Å². The number of rotatable bonds is 8. The number of hydrogen-bond donors (Lipinski definition) is 0. The van der Waals surface area contributed by atoms with Crippen LogP contribution in [0.2, 0.25) is 0 Å². The Kier molecular flexibility index (Phi) is 8.06. The van der Waals surface area contributed by atoms with Gasteiger partial charge < -0.3 is 14.5 Å². The maximum absolute atomic E-state index is 13.6. The summed E-state index contributed by atoms with van der Waals surface area (Å²) in [6, 6.07) is 11.9. The van der Waals surface area contributed by atoms with Crippen molar-refractivity contribution in [3.63, 3.8) is 0 Å². The van der Waals surface area contributed by atoms with Gasteiger partial charge in [-0.3, -0.25) is 18.9 Å². The molecule has 0 spiro atoms. The molecule has 5 rings (SSSR count). The van der Waals surface area contributed by atoms with E-state index in [1.807, 2.05) is 13.0 Å². The molecule has 198 valence electrons. The van der Waals surface area contributed by atoms with Crippen molar-refractivity contribution in [2.45, 2.75) is 13.3 Å². The quantitative estimate of drug-likeness (QED) is 0.237. The van der Waals surface area contributed by atoms with E-state index in [0.29, 0.717) is 78.6 Å². The van der Waals surface area contributed by atoms with E-state index in [1.165, 1.54) is 28.3 Å². The van der Waals surface area contributed by atoms with Crippen LogP contribution in [0.1, 0.15) is 18.9 Å². The summed E-state index contributed by atoms with van der Waals surface area (Å²) in [5.74, 6) is 0.0697. The number of amides is 1. The molecule has 2 fully saturated rings. The molecular formula is C27H28FN5O3S2. The lowest BCUT2D eigenvalue weighted by Crippen LogP contribution is -2.47. The van der Waals surface area contributed by atoms with E-state index in [9.17, 15) is 14.0 Å². The zero-order valence-corrected chi connectivity index (χ0v) is 22.6. The van der Waals surface area contributed by atoms with Gasteiger partial charge in [0.2, 0.25) is 0 Å². The van der Waals surface area contributed by atoms with Crippen molar-refractivity contribution in [2.24, 2.45) is 0 Å². The normalized spacial score (nSPS) is 17.3. The van der Waals surface area contributed by atoms with Gasteiger partial charge in [0.15, 0.2) is 0 Å². The van der Waals surface area contributed by atoms with E-state index in [1.54, 1.807) is 41.4 Å². The highest BCUT2D eigenvalue weighted by atomic mass is 32.2. The second kappa shape index (κ2) is 11.6. The number of piperazine rings is 1. The number of halogens is 1. The molecule has 0 bridgehead atoms. The first-order chi connectivity index (χ1) is 18.5. The molecule has 2 aromatic heterocycles. The van der Waals surface area contributed by atoms with Crippen molar-refractivity contribution in [1.82, 2.24) is 14.3 Å². The molecule has 0 aliphatic carbocycles. The minimum atomic E-state index is -0.266. The van der Waals surface area contributed by atoms with Crippen molar-refractivity contribution < 1.29 is 13.9 Å². The molecule has 0 radical (unpaired) electrons. The summed E-state index contributed by atoms with van der Waals surface area (Å²) >= 11 is 6.68. The molecular weight excluding hydrogens is 525 g/mol. The number of hydrogen-bond acceptors (Lipinski definition) is 8. The summed E-state index contributed by atoms with van der Waals surface area (Å²) < 4.78 is 20.7. The molecule has 1 amide bonds. The number of benzene rings is 1. The number of aromatic nitrogens is 2. The Hall–Kier alpha value is -3.28. The Balaban J connectivity index is 1.44. The zero-order valence-electron chi connectivity index (χ0n) is 21.0. The van der Waals surface area contributed by atoms with Crippen LogP contribution in [0.25, 0.3) is 11.7 Å². The molecule has 2 aliphatic rings. The average molecular weight is 554 g/mol. The summed E-state index contributed by atoms with van der Waals surface area (Å²) in [6.45, 7) is 6.17. The van der Waals surface area contributed by atoms with Crippen molar-refractivity contribution in [3.05, 3.63) is 75.3 Å². The highest BCUT2D eigenvalue weighted by molar-refractivity contribution is 8.26. The van der Waals surface area contributed by atoms with Gasteiger partial charge in [-0.2, -0.15) is 0 Å². The van der Waals surface area contributed by atoms with E-state index in [4.69, 9.17) is 21.9 Å². The molecule has 2 saturated heterocycles. The van der Waals surface area contributed by atoms with Crippen molar-refractivity contribution in [1.29, 1.82) is 0 Å². The Morgan fingerprint density at radius 2 is 1.82 bits per heavy atom. The maximum atomic E-state index is 13.6. The first-order valence-corrected chi connectivity index (χ1v) is 13.8. The third kappa shape index (κ3) is 5.45. The molecule has 11 heteroatoms. The van der Waals surface area contributed by atoms with E-state index in [-0.39, 0.29) is 17.3 Å². The smallest absolute Gasteiger partial charge is 0.267 e. The van der Waals surface area contributed by atoms with Crippen LogP contribution in [0.5, 0.6) is 0 Å². The topological polar surface area (TPSA) is 70.4 Å². The largest absolute Gasteiger partial charge is 0.382 e. The SMILES string of the molecule is CCOCCCN1C(=O)/C(=C\c2c(N3CCN(c4ccc(F)cc4)CC3)nc3ccccn3c2=O)SC1=S. The van der Waals surface area contributed by atoms with Crippen LogP contribution in [0, 0.1) is 5.82 Å². The number of carbonyl (C=O) groups excluding carboxylic acids is 1. The lowest BCUT2D eigenvalue weighted by Gasteiger charge is -2.37. The third-order valence-corrected chi connectivity index (χ3v) is 7.92. The van der Waals surface area contributed by atoms with Gasteiger partial charge in [-0.1, -0.05) is 30.0 Å². The predicted molar refractivity (Wildman–Crippen MR) is 153 cm³/mol. The number of anilines is 2. The molecule has 38 heavy (non-hydrogen) atoms. The summed E-state index contributed by atoms with van der Waals surface area (Å²) in [5, 5.41) is 0. The van der Waals surface area contributed by atoms with Crippen LogP contribution >= 0.6 is 24.0 Å². The van der Waals surface area contributed by atoms with Crippen LogP contribution in [0.15, 0.2) is 58.4 Å². The number of thiocarbonyl (C=S) groups is 1. The van der Waals surface area contributed by atoms with Crippen molar-refractivity contribution in [2.75, 3.05) is 55.7 Å². The first kappa shape index (κ1) is 26.3. The predicted octanol–water partition coefficient (Wildman–Crippen LogP) is 3.79. The van der Waals surface area contributed by atoms with Gasteiger partial charge >= 0.3 is 0 Å². The fraction of sp³-hybridized carbons (Fsp3) is 0.333. The molecule has 4 heterocycles. The Bertz CT molecular complexity index is 1430. The van der Waals surface area contributed by atoms with Crippen LogP contribution in [-0.2, 0) is 9.53 Å². The number of carbonyl (C=O) groups is 1.